The van der Waals surface area contributed by atoms with E-state index in [0.29, 0.717) is 8.68 Å². The molecule has 0 aliphatic rings. The van der Waals surface area contributed by atoms with Gasteiger partial charge < -0.3 is 0 Å². The Kier molecular flexibility index (Phi) is 5.43. The zero-order valence-corrected chi connectivity index (χ0v) is 12.6. The molecule has 0 fully saturated rings. The Bertz CT molecular complexity index is 428. The summed E-state index contributed by atoms with van der Waals surface area (Å²) in [5, 5.41) is 1.76. The van der Waals surface area contributed by atoms with Crippen molar-refractivity contribution in [3.8, 4) is 0 Å². The first-order valence-electron chi connectivity index (χ1n) is 5.22. The second kappa shape index (κ2) is 6.14. The molecule has 0 amide bonds. The summed E-state index contributed by atoms with van der Waals surface area (Å²) in [5.41, 5.74) is 0. The van der Waals surface area contributed by atoms with Crippen LogP contribution in [0, 0.1) is 0 Å². The third-order valence-electron chi connectivity index (χ3n) is 2.18. The van der Waals surface area contributed by atoms with E-state index in [9.17, 15) is 8.42 Å². The van der Waals surface area contributed by atoms with Crippen LogP contribution in [0.3, 0.4) is 0 Å². The van der Waals surface area contributed by atoms with Gasteiger partial charge in [-0.1, -0.05) is 19.8 Å². The smallest absolute Gasteiger partial charge is 0.208 e. The minimum absolute atomic E-state index is 0.0149. The minimum atomic E-state index is -3.36. The number of sulfonamides is 1. The lowest BCUT2D eigenvalue weighted by Crippen LogP contribution is -2.32. The van der Waals surface area contributed by atoms with E-state index >= 15 is 0 Å². The maximum Gasteiger partial charge on any atom is 0.251 e. The van der Waals surface area contributed by atoms with Crippen LogP contribution >= 0.6 is 27.3 Å². The van der Waals surface area contributed by atoms with Crippen molar-refractivity contribution in [3.63, 3.8) is 0 Å². The van der Waals surface area contributed by atoms with Crippen LogP contribution in [0.5, 0.6) is 0 Å². The van der Waals surface area contributed by atoms with Gasteiger partial charge in [0, 0.05) is 10.5 Å². The third kappa shape index (κ3) is 3.84. The Morgan fingerprint density at radius 2 is 2.25 bits per heavy atom. The largest absolute Gasteiger partial charge is 0.251 e. The van der Waals surface area contributed by atoms with Gasteiger partial charge in [-0.05, 0) is 40.7 Å². The molecule has 0 aliphatic heterocycles. The second-order valence-electron chi connectivity index (χ2n) is 3.72. The van der Waals surface area contributed by atoms with Gasteiger partial charge in [0.25, 0.3) is 10.0 Å². The van der Waals surface area contributed by atoms with Crippen LogP contribution < -0.4 is 4.72 Å². The van der Waals surface area contributed by atoms with Crippen molar-refractivity contribution in [1.29, 1.82) is 0 Å². The Balaban J connectivity index is 2.69. The van der Waals surface area contributed by atoms with Crippen LogP contribution in [-0.2, 0) is 10.0 Å². The summed E-state index contributed by atoms with van der Waals surface area (Å²) in [5.74, 6) is 0. The summed E-state index contributed by atoms with van der Waals surface area (Å²) < 4.78 is 27.6. The predicted octanol–water partition coefficient (Wildman–Crippen LogP) is 3.37. The number of hydrogen-bond donors (Lipinski definition) is 1. The molecular formula is C10H16BrNO2S2. The van der Waals surface area contributed by atoms with Crippen LogP contribution in [0.25, 0.3) is 0 Å². The molecule has 1 unspecified atom stereocenters. The summed E-state index contributed by atoms with van der Waals surface area (Å²) in [6.45, 7) is 3.99. The Morgan fingerprint density at radius 3 is 2.75 bits per heavy atom. The molecule has 6 heteroatoms. The first-order chi connectivity index (χ1) is 7.47. The molecule has 1 heterocycles. The van der Waals surface area contributed by atoms with Crippen molar-refractivity contribution >= 4 is 37.3 Å². The normalized spacial score (nSPS) is 13.9. The third-order valence-corrected chi connectivity index (χ3v) is 6.44. The van der Waals surface area contributed by atoms with E-state index in [1.807, 2.05) is 6.92 Å². The molecule has 92 valence electrons. The predicted molar refractivity (Wildman–Crippen MR) is 71.3 cm³/mol. The first-order valence-corrected chi connectivity index (χ1v) is 8.38. The Hall–Kier alpha value is 0.0900. The number of halogens is 1. The number of thiophene rings is 1. The maximum absolute atomic E-state index is 12.0. The summed E-state index contributed by atoms with van der Waals surface area (Å²) >= 11 is 4.46. The van der Waals surface area contributed by atoms with Crippen molar-refractivity contribution < 1.29 is 8.42 Å². The Morgan fingerprint density at radius 1 is 1.56 bits per heavy atom. The molecule has 0 spiro atoms. The van der Waals surface area contributed by atoms with Crippen LogP contribution in [0.4, 0.5) is 0 Å². The summed E-state index contributed by atoms with van der Waals surface area (Å²) in [4.78, 5) is 0. The zero-order chi connectivity index (χ0) is 12.2. The second-order valence-corrected chi connectivity index (χ2v) is 7.40. The molecule has 0 aliphatic carbocycles. The fraction of sp³-hybridized carbons (Fsp3) is 0.600. The lowest BCUT2D eigenvalue weighted by Gasteiger charge is -2.12. The van der Waals surface area contributed by atoms with E-state index in [-0.39, 0.29) is 6.04 Å². The van der Waals surface area contributed by atoms with E-state index < -0.39 is 10.0 Å². The highest BCUT2D eigenvalue weighted by atomic mass is 79.9. The summed E-state index contributed by atoms with van der Waals surface area (Å²) in [6.07, 6.45) is 2.99. The van der Waals surface area contributed by atoms with E-state index in [1.165, 1.54) is 11.3 Å². The molecule has 0 aromatic carbocycles. The van der Waals surface area contributed by atoms with Gasteiger partial charge >= 0.3 is 0 Å². The molecule has 0 saturated carbocycles. The van der Waals surface area contributed by atoms with Gasteiger partial charge in [0.05, 0.1) is 0 Å². The molecule has 1 N–H and O–H groups in total. The van der Waals surface area contributed by atoms with E-state index in [4.69, 9.17) is 0 Å². The van der Waals surface area contributed by atoms with Gasteiger partial charge in [-0.25, -0.2) is 13.1 Å². The molecule has 1 aromatic heterocycles. The SMILES string of the molecule is CCCCC(C)NS(=O)(=O)c1sccc1Br. The molecule has 0 saturated heterocycles. The monoisotopic (exact) mass is 325 g/mol. The molecular weight excluding hydrogens is 310 g/mol. The van der Waals surface area contributed by atoms with Crippen LogP contribution in [0.15, 0.2) is 20.1 Å². The zero-order valence-electron chi connectivity index (χ0n) is 9.36. The fourth-order valence-electron chi connectivity index (χ4n) is 1.36. The van der Waals surface area contributed by atoms with Crippen molar-refractivity contribution in [2.45, 2.75) is 43.4 Å². The standard InChI is InChI=1S/C10H16BrNO2S2/c1-3-4-5-8(2)12-16(13,14)10-9(11)6-7-15-10/h6-8,12H,3-5H2,1-2H3. The van der Waals surface area contributed by atoms with Gasteiger partial charge in [-0.2, -0.15) is 0 Å². The first kappa shape index (κ1) is 14.2. The van der Waals surface area contributed by atoms with Crippen molar-refractivity contribution in [2.24, 2.45) is 0 Å². The topological polar surface area (TPSA) is 46.2 Å². The minimum Gasteiger partial charge on any atom is -0.208 e. The quantitative estimate of drug-likeness (QED) is 0.871. The van der Waals surface area contributed by atoms with Crippen molar-refractivity contribution in [2.75, 3.05) is 0 Å². The molecule has 1 aromatic rings. The number of unbranched alkanes of at least 4 members (excludes halogenated alkanes) is 1. The maximum atomic E-state index is 12.0. The Labute approximate surface area is 109 Å². The molecule has 1 atom stereocenters. The van der Waals surface area contributed by atoms with Gasteiger partial charge in [-0.3, -0.25) is 0 Å². The number of hydrogen-bond acceptors (Lipinski definition) is 3. The number of rotatable bonds is 6. The van der Waals surface area contributed by atoms with Crippen LogP contribution in [-0.4, -0.2) is 14.5 Å². The van der Waals surface area contributed by atoms with Crippen molar-refractivity contribution in [3.05, 3.63) is 15.9 Å². The number of nitrogens with one attached hydrogen (secondary N) is 1. The van der Waals surface area contributed by atoms with Crippen LogP contribution in [0.2, 0.25) is 0 Å². The van der Waals surface area contributed by atoms with Crippen LogP contribution in [0.1, 0.15) is 33.1 Å². The van der Waals surface area contributed by atoms with E-state index in [2.05, 4.69) is 27.6 Å². The van der Waals surface area contributed by atoms with Gasteiger partial charge in [-0.15, -0.1) is 11.3 Å². The highest BCUT2D eigenvalue weighted by Crippen LogP contribution is 2.27. The lowest BCUT2D eigenvalue weighted by molar-refractivity contribution is 0.535. The molecule has 1 rings (SSSR count). The van der Waals surface area contributed by atoms with E-state index in [0.717, 1.165) is 19.3 Å². The average Bonchev–Trinajstić information content (AvgIpc) is 2.61. The summed E-state index contributed by atoms with van der Waals surface area (Å²) in [6, 6.07) is 1.73. The molecule has 3 nitrogen and oxygen atoms in total. The lowest BCUT2D eigenvalue weighted by atomic mass is 10.2. The molecule has 0 bridgehead atoms. The fourth-order valence-corrected chi connectivity index (χ4v) is 4.99. The average molecular weight is 326 g/mol. The summed E-state index contributed by atoms with van der Waals surface area (Å²) in [7, 11) is -3.36. The van der Waals surface area contributed by atoms with Crippen molar-refractivity contribution in [1.82, 2.24) is 4.72 Å². The molecule has 16 heavy (non-hydrogen) atoms. The highest BCUT2D eigenvalue weighted by molar-refractivity contribution is 9.10. The highest BCUT2D eigenvalue weighted by Gasteiger charge is 2.20. The molecule has 0 radical (unpaired) electrons. The van der Waals surface area contributed by atoms with Gasteiger partial charge in [0.15, 0.2) is 0 Å². The van der Waals surface area contributed by atoms with Gasteiger partial charge in [0.2, 0.25) is 0 Å². The van der Waals surface area contributed by atoms with Gasteiger partial charge in [0.1, 0.15) is 4.21 Å². The van der Waals surface area contributed by atoms with E-state index in [1.54, 1.807) is 11.4 Å².